The molecule has 3 aliphatic rings. The average molecular weight is 288 g/mol. The number of ether oxygens (including phenoxy) is 3. The molecule has 0 unspecified atom stereocenters. The largest absolute Gasteiger partial charge is 0.454 e. The highest BCUT2D eigenvalue weighted by Crippen LogP contribution is 2.66. The Morgan fingerprint density at radius 3 is 2.71 bits per heavy atom. The first-order chi connectivity index (χ1) is 10.0. The smallest absolute Gasteiger partial charge is 0.231 e. The van der Waals surface area contributed by atoms with Crippen molar-refractivity contribution in [1.82, 2.24) is 0 Å². The molecule has 0 radical (unpaired) electrons. The number of hydrogen-bond acceptors (Lipinski definition) is 3. The summed E-state index contributed by atoms with van der Waals surface area (Å²) in [6.07, 6.45) is 4.27. The van der Waals surface area contributed by atoms with E-state index in [2.05, 4.69) is 26.8 Å². The number of hydrogen-bond donors (Lipinski definition) is 0. The molecule has 0 N–H and O–H groups in total. The molecule has 0 aromatic heterocycles. The van der Waals surface area contributed by atoms with Crippen molar-refractivity contribution in [3.63, 3.8) is 0 Å². The average Bonchev–Trinajstić information content (AvgIpc) is 3.06. The molecule has 4 rings (SSSR count). The molecule has 1 aliphatic heterocycles. The van der Waals surface area contributed by atoms with Gasteiger partial charge in [0, 0.05) is 0 Å². The molecule has 2 aliphatic carbocycles. The summed E-state index contributed by atoms with van der Waals surface area (Å²) in [5, 5.41) is 0. The molecule has 2 fully saturated rings. The maximum atomic E-state index is 6.32. The van der Waals surface area contributed by atoms with Gasteiger partial charge in [0.1, 0.15) is 0 Å². The molecule has 0 spiro atoms. The summed E-state index contributed by atoms with van der Waals surface area (Å²) in [5.41, 5.74) is 1.91. The summed E-state index contributed by atoms with van der Waals surface area (Å²) in [6, 6.07) is 6.10. The molecule has 21 heavy (non-hydrogen) atoms. The molecular weight excluding hydrogens is 264 g/mol. The van der Waals surface area contributed by atoms with E-state index < -0.39 is 0 Å². The van der Waals surface area contributed by atoms with Gasteiger partial charge in [0.2, 0.25) is 6.79 Å². The van der Waals surface area contributed by atoms with Gasteiger partial charge in [-0.2, -0.15) is 0 Å². The van der Waals surface area contributed by atoms with E-state index in [-0.39, 0.29) is 0 Å². The molecule has 0 saturated heterocycles. The highest BCUT2D eigenvalue weighted by atomic mass is 16.7. The fraction of sp³-hybridized carbons (Fsp3) is 0.667. The molecule has 0 amide bonds. The summed E-state index contributed by atoms with van der Waals surface area (Å²) in [7, 11) is 0. The zero-order valence-corrected chi connectivity index (χ0v) is 13.1. The summed E-state index contributed by atoms with van der Waals surface area (Å²) in [5.74, 6) is 2.51. The maximum absolute atomic E-state index is 6.32. The van der Waals surface area contributed by atoms with Crippen LogP contribution in [0.4, 0.5) is 0 Å². The minimum Gasteiger partial charge on any atom is -0.454 e. The minimum absolute atomic E-state index is 0.327. The Bertz CT molecular complexity index is 566. The van der Waals surface area contributed by atoms with Crippen LogP contribution in [0.2, 0.25) is 0 Å². The van der Waals surface area contributed by atoms with Crippen molar-refractivity contribution < 1.29 is 14.2 Å². The van der Waals surface area contributed by atoms with Crippen LogP contribution in [-0.4, -0.2) is 12.9 Å². The first-order valence-corrected chi connectivity index (χ1v) is 8.01. The van der Waals surface area contributed by atoms with E-state index in [0.717, 1.165) is 17.4 Å². The van der Waals surface area contributed by atoms with E-state index in [1.165, 1.54) is 24.8 Å². The van der Waals surface area contributed by atoms with Crippen molar-refractivity contribution in [2.24, 2.45) is 16.7 Å². The molecule has 3 nitrogen and oxygen atoms in total. The lowest BCUT2D eigenvalue weighted by Gasteiger charge is -2.38. The van der Waals surface area contributed by atoms with E-state index in [1.807, 2.05) is 12.1 Å². The first-order valence-electron chi connectivity index (χ1n) is 8.01. The van der Waals surface area contributed by atoms with Crippen molar-refractivity contribution in [3.05, 3.63) is 23.8 Å². The van der Waals surface area contributed by atoms with E-state index >= 15 is 0 Å². The first kappa shape index (κ1) is 13.4. The molecule has 114 valence electrons. The molecule has 1 heterocycles. The fourth-order valence-corrected chi connectivity index (χ4v) is 4.61. The van der Waals surface area contributed by atoms with Gasteiger partial charge in [-0.15, -0.1) is 0 Å². The van der Waals surface area contributed by atoms with Crippen molar-refractivity contribution >= 4 is 0 Å². The predicted molar refractivity (Wildman–Crippen MR) is 80.4 cm³/mol. The lowest BCUT2D eigenvalue weighted by Crippen LogP contribution is -2.37. The Morgan fingerprint density at radius 1 is 1.19 bits per heavy atom. The van der Waals surface area contributed by atoms with Crippen LogP contribution in [-0.2, 0) is 11.3 Å². The van der Waals surface area contributed by atoms with Gasteiger partial charge >= 0.3 is 0 Å². The Labute approximate surface area is 126 Å². The van der Waals surface area contributed by atoms with E-state index in [9.17, 15) is 0 Å². The topological polar surface area (TPSA) is 27.7 Å². The zero-order chi connectivity index (χ0) is 14.7. The monoisotopic (exact) mass is 288 g/mol. The molecule has 2 saturated carbocycles. The number of fused-ring (bicyclic) bond motifs is 3. The summed E-state index contributed by atoms with van der Waals surface area (Å²) in [6.45, 7) is 8.27. The summed E-state index contributed by atoms with van der Waals surface area (Å²) < 4.78 is 17.1. The fourth-order valence-electron chi connectivity index (χ4n) is 4.61. The lowest BCUT2D eigenvalue weighted by molar-refractivity contribution is -0.0550. The van der Waals surface area contributed by atoms with Crippen LogP contribution >= 0.6 is 0 Å². The highest BCUT2D eigenvalue weighted by Gasteiger charge is 2.61. The maximum Gasteiger partial charge on any atom is 0.231 e. The number of benzene rings is 1. The Morgan fingerprint density at radius 2 is 2.00 bits per heavy atom. The second-order valence-corrected chi connectivity index (χ2v) is 7.60. The van der Waals surface area contributed by atoms with Crippen LogP contribution in [0.25, 0.3) is 0 Å². The minimum atomic E-state index is 0.327. The predicted octanol–water partition coefficient (Wildman–Crippen LogP) is 4.15. The Kier molecular flexibility index (Phi) is 2.81. The van der Waals surface area contributed by atoms with Crippen molar-refractivity contribution in [1.29, 1.82) is 0 Å². The lowest BCUT2D eigenvalue weighted by atomic mass is 9.70. The zero-order valence-electron chi connectivity index (χ0n) is 13.1. The molecule has 3 atom stereocenters. The van der Waals surface area contributed by atoms with Gasteiger partial charge in [0.25, 0.3) is 0 Å². The third kappa shape index (κ3) is 1.83. The molecule has 3 heteroatoms. The van der Waals surface area contributed by atoms with E-state index in [0.29, 0.717) is 30.3 Å². The summed E-state index contributed by atoms with van der Waals surface area (Å²) >= 11 is 0. The van der Waals surface area contributed by atoms with Crippen LogP contribution in [0.1, 0.15) is 45.6 Å². The van der Waals surface area contributed by atoms with Crippen LogP contribution in [0, 0.1) is 16.7 Å². The van der Waals surface area contributed by atoms with Crippen molar-refractivity contribution in [3.8, 4) is 11.5 Å². The van der Waals surface area contributed by atoms with Crippen LogP contribution in [0.15, 0.2) is 18.2 Å². The molecule has 2 bridgehead atoms. The molecular formula is C18H24O3. The second kappa shape index (κ2) is 4.39. The van der Waals surface area contributed by atoms with Gasteiger partial charge in [-0.25, -0.2) is 0 Å². The van der Waals surface area contributed by atoms with Crippen molar-refractivity contribution in [2.75, 3.05) is 6.79 Å². The van der Waals surface area contributed by atoms with Crippen LogP contribution in [0.3, 0.4) is 0 Å². The van der Waals surface area contributed by atoms with Gasteiger partial charge in [-0.3, -0.25) is 0 Å². The van der Waals surface area contributed by atoms with E-state index in [4.69, 9.17) is 14.2 Å². The van der Waals surface area contributed by atoms with Gasteiger partial charge < -0.3 is 14.2 Å². The van der Waals surface area contributed by atoms with Crippen LogP contribution < -0.4 is 9.47 Å². The Hall–Kier alpha value is -1.22. The Balaban J connectivity index is 1.46. The SMILES string of the molecule is CC1(C)[C@H]2CC[C@]1(C)[C@H](OCc1ccc3c(c1)OCO3)C2. The molecule has 1 aromatic rings. The van der Waals surface area contributed by atoms with Crippen LogP contribution in [0.5, 0.6) is 11.5 Å². The summed E-state index contributed by atoms with van der Waals surface area (Å²) in [4.78, 5) is 0. The van der Waals surface area contributed by atoms with Gasteiger partial charge in [-0.1, -0.05) is 26.8 Å². The number of rotatable bonds is 3. The quantitative estimate of drug-likeness (QED) is 0.836. The standard InChI is InChI=1S/C18H24O3/c1-17(2)13-6-7-18(17,3)16(9-13)19-10-12-4-5-14-15(8-12)21-11-20-14/h4-5,8,13,16H,6-7,9-11H2,1-3H3/t13-,16+,18+/m0/s1. The van der Waals surface area contributed by atoms with Crippen molar-refractivity contribution in [2.45, 2.75) is 52.7 Å². The van der Waals surface area contributed by atoms with Gasteiger partial charge in [-0.05, 0) is 53.7 Å². The molecule has 1 aromatic carbocycles. The third-order valence-corrected chi connectivity index (χ3v) is 6.60. The van der Waals surface area contributed by atoms with Gasteiger partial charge in [0.05, 0.1) is 12.7 Å². The highest BCUT2D eigenvalue weighted by molar-refractivity contribution is 5.44. The normalized spacial score (nSPS) is 35.4. The second-order valence-electron chi connectivity index (χ2n) is 7.60. The third-order valence-electron chi connectivity index (χ3n) is 6.60. The van der Waals surface area contributed by atoms with Gasteiger partial charge in [0.15, 0.2) is 11.5 Å². The van der Waals surface area contributed by atoms with E-state index in [1.54, 1.807) is 0 Å².